The molecule has 0 saturated heterocycles. The summed E-state index contributed by atoms with van der Waals surface area (Å²) in [6.45, 7) is 0.972. The third kappa shape index (κ3) is 26.6. The summed E-state index contributed by atoms with van der Waals surface area (Å²) in [6.07, 6.45) is 28.6. The number of hydrogen-bond acceptors (Lipinski definition) is 2. The van der Waals surface area contributed by atoms with Crippen molar-refractivity contribution in [3.8, 4) is 0 Å². The van der Waals surface area contributed by atoms with E-state index in [1.807, 2.05) is 0 Å². The maximum absolute atomic E-state index is 8.89. The van der Waals surface area contributed by atoms with Gasteiger partial charge in [0.05, 0.1) is 0 Å². The third-order valence-corrected chi connectivity index (χ3v) is 3.72. The van der Waals surface area contributed by atoms with Gasteiger partial charge >= 0.3 is 0 Å². The zero-order chi connectivity index (χ0) is 24.0. The van der Waals surface area contributed by atoms with Crippen molar-refractivity contribution in [1.29, 1.82) is 0 Å². The van der Waals surface area contributed by atoms with E-state index in [1.165, 1.54) is 0 Å². The Labute approximate surface area is 233 Å². The minimum Gasteiger partial charge on any atom is -0.550 e. The van der Waals surface area contributed by atoms with Crippen molar-refractivity contribution in [3.05, 3.63) is 142 Å². The van der Waals surface area contributed by atoms with Crippen molar-refractivity contribution in [2.75, 3.05) is 0 Å². The van der Waals surface area contributed by atoms with Crippen LogP contribution in [0.4, 0.5) is 0 Å². The quantitative estimate of drug-likeness (QED) is 0.227. The Morgan fingerprint density at radius 1 is 0.576 bits per heavy atom. The van der Waals surface area contributed by atoms with Gasteiger partial charge in [0.1, 0.15) is 0 Å². The molecule has 0 bridgehead atoms. The summed E-state index contributed by atoms with van der Waals surface area (Å²) in [4.78, 5) is 8.89. The van der Waals surface area contributed by atoms with Crippen LogP contribution in [0.1, 0.15) is 6.92 Å². The number of carboxylic acids is 1. The summed E-state index contributed by atoms with van der Waals surface area (Å²) in [7, 11) is 0. The summed E-state index contributed by atoms with van der Waals surface area (Å²) in [6, 6.07) is 0. The second-order valence-corrected chi connectivity index (χ2v) is 7.11. The predicted molar refractivity (Wildman–Crippen MR) is 140 cm³/mol. The van der Waals surface area contributed by atoms with Gasteiger partial charge in [-0.15, -0.1) is 22.9 Å². The molecule has 0 aliphatic heterocycles. The Bertz CT molecular complexity index is 845. The van der Waals surface area contributed by atoms with Crippen molar-refractivity contribution in [2.45, 2.75) is 6.92 Å². The molecule has 0 unspecified atom stereocenters. The molecule has 2 nitrogen and oxygen atoms in total. The van der Waals surface area contributed by atoms with Gasteiger partial charge < -0.3 is 9.90 Å². The van der Waals surface area contributed by atoms with Crippen molar-refractivity contribution in [1.82, 2.24) is 0 Å². The molecule has 4 aliphatic rings. The Balaban J connectivity index is 0. The summed E-state index contributed by atoms with van der Waals surface area (Å²) >= 11 is 22.1. The Kier molecular flexibility index (Phi) is 24.1. The average Bonchev–Trinajstić information content (AvgIpc) is 2.77. The number of allylic oxidation sites excluding steroid dienone is 12. The normalized spacial score (nSPS) is 15.2. The molecular formula is C26H19Cl4O2Sb-. The summed E-state index contributed by atoms with van der Waals surface area (Å²) in [5.41, 5.74) is 11.4. The zero-order valence-corrected chi connectivity index (χ0v) is 23.1. The number of carbonyl (C=O) groups excluding carboxylic acids is 1. The van der Waals surface area contributed by atoms with Gasteiger partial charge in [0.2, 0.25) is 0 Å². The van der Waals surface area contributed by atoms with Crippen LogP contribution < -0.4 is 5.11 Å². The minimum absolute atomic E-state index is 0. The SMILES string of the molecule is CC(=O)[O-].ClC1=CC=C=C[CH]1.ClC1=CC=C=C[CH]1.ClC1=CC=C=C[CH]1.ClC1=CC=C=C[CH]1.[Sb]. The molecule has 7 heteroatoms. The molecular weight excluding hydrogens is 608 g/mol. The first-order valence-electron chi connectivity index (χ1n) is 8.95. The number of aliphatic carboxylic acids is 1. The fourth-order valence-corrected chi connectivity index (χ4v) is 1.97. The zero-order valence-electron chi connectivity index (χ0n) is 17.5. The van der Waals surface area contributed by atoms with E-state index in [1.54, 1.807) is 98.6 Å². The first kappa shape index (κ1) is 33.7. The molecule has 0 aromatic carbocycles. The van der Waals surface area contributed by atoms with Crippen molar-refractivity contribution in [3.63, 3.8) is 0 Å². The number of carbonyl (C=O) groups is 1. The number of halogens is 4. The molecule has 4 rings (SSSR count). The van der Waals surface area contributed by atoms with Crippen LogP contribution in [0.15, 0.2) is 116 Å². The van der Waals surface area contributed by atoms with Crippen LogP contribution >= 0.6 is 46.4 Å². The van der Waals surface area contributed by atoms with E-state index in [2.05, 4.69) is 22.9 Å². The molecule has 7 radical (unpaired) electrons. The topological polar surface area (TPSA) is 40.1 Å². The van der Waals surface area contributed by atoms with E-state index < -0.39 is 5.97 Å². The van der Waals surface area contributed by atoms with Gasteiger partial charge in [0.25, 0.3) is 0 Å². The van der Waals surface area contributed by atoms with Gasteiger partial charge in [0, 0.05) is 76.2 Å². The first-order chi connectivity index (χ1) is 15.3. The molecule has 0 aromatic rings. The van der Waals surface area contributed by atoms with Crippen LogP contribution in [0, 0.1) is 25.7 Å². The van der Waals surface area contributed by atoms with E-state index in [0.29, 0.717) is 0 Å². The van der Waals surface area contributed by atoms with E-state index in [4.69, 9.17) is 56.3 Å². The third-order valence-electron chi connectivity index (χ3n) is 2.71. The molecule has 169 valence electrons. The van der Waals surface area contributed by atoms with E-state index in [9.17, 15) is 0 Å². The smallest absolute Gasteiger partial charge is 0.0383 e. The molecule has 0 heterocycles. The maximum Gasteiger partial charge on any atom is 0.0383 e. The van der Waals surface area contributed by atoms with Crippen LogP contribution in [0.2, 0.25) is 0 Å². The number of carboxylic acid groups (broad SMARTS) is 1. The van der Waals surface area contributed by atoms with E-state index >= 15 is 0 Å². The summed E-state index contributed by atoms with van der Waals surface area (Å²) in [5.74, 6) is -1.08. The summed E-state index contributed by atoms with van der Waals surface area (Å²) in [5, 5.41) is 11.9. The van der Waals surface area contributed by atoms with E-state index in [0.717, 1.165) is 27.1 Å². The van der Waals surface area contributed by atoms with Gasteiger partial charge in [-0.2, -0.15) is 0 Å². The average molecular weight is 627 g/mol. The van der Waals surface area contributed by atoms with Gasteiger partial charge in [0.15, 0.2) is 0 Å². The molecule has 0 spiro atoms. The monoisotopic (exact) mass is 624 g/mol. The van der Waals surface area contributed by atoms with Gasteiger partial charge in [-0.25, -0.2) is 0 Å². The second kappa shape index (κ2) is 23.6. The molecule has 0 fully saturated rings. The van der Waals surface area contributed by atoms with Gasteiger partial charge in [-0.3, -0.25) is 0 Å². The summed E-state index contributed by atoms with van der Waals surface area (Å²) < 4.78 is 0. The molecule has 0 saturated carbocycles. The fraction of sp³-hybridized carbons (Fsp3) is 0.0385. The number of hydrogen-bond donors (Lipinski definition) is 0. The van der Waals surface area contributed by atoms with Crippen molar-refractivity contribution in [2.24, 2.45) is 0 Å². The Morgan fingerprint density at radius 3 is 0.818 bits per heavy atom. The number of rotatable bonds is 0. The van der Waals surface area contributed by atoms with Crippen molar-refractivity contribution >= 4 is 76.8 Å². The standard InChI is InChI=1S/4C6H4Cl.C2H4O2.Sb/c4*7-6-4-2-1-3-5-6;1-2(3)4;/h4*2-5H;1H3,(H,3,4);/p-1. The molecule has 4 aliphatic carbocycles. The largest absolute Gasteiger partial charge is 0.550 e. The fourth-order valence-electron chi connectivity index (χ4n) is 1.47. The molecule has 0 amide bonds. The molecule has 0 atom stereocenters. The van der Waals surface area contributed by atoms with E-state index in [-0.39, 0.29) is 24.4 Å². The molecule has 33 heavy (non-hydrogen) atoms. The van der Waals surface area contributed by atoms with Crippen LogP contribution in [-0.2, 0) is 4.79 Å². The first-order valence-corrected chi connectivity index (χ1v) is 10.5. The second-order valence-electron chi connectivity index (χ2n) is 5.36. The van der Waals surface area contributed by atoms with Crippen LogP contribution in [0.5, 0.6) is 0 Å². The van der Waals surface area contributed by atoms with Crippen LogP contribution in [-0.4, -0.2) is 30.4 Å². The molecule has 0 N–H and O–H groups in total. The Hall–Kier alpha value is -1.51. The van der Waals surface area contributed by atoms with Crippen LogP contribution in [0.25, 0.3) is 0 Å². The maximum atomic E-state index is 8.89. The molecule has 0 aromatic heterocycles. The van der Waals surface area contributed by atoms with Crippen molar-refractivity contribution < 1.29 is 9.90 Å². The predicted octanol–water partition coefficient (Wildman–Crippen LogP) is 6.53. The van der Waals surface area contributed by atoms with Gasteiger partial charge in [-0.05, 0) is 79.8 Å². The van der Waals surface area contributed by atoms with Gasteiger partial charge in [-0.1, -0.05) is 46.4 Å². The Morgan fingerprint density at radius 2 is 0.758 bits per heavy atom. The van der Waals surface area contributed by atoms with Crippen LogP contribution in [0.3, 0.4) is 0 Å². The minimum atomic E-state index is -1.08.